The first-order valence-corrected chi connectivity index (χ1v) is 8.52. The van der Waals surface area contributed by atoms with E-state index in [2.05, 4.69) is 0 Å². The molecule has 0 aliphatic rings. The zero-order chi connectivity index (χ0) is 9.99. The molecular weight excluding hydrogens is 262 g/mol. The van der Waals surface area contributed by atoms with Crippen molar-refractivity contribution in [2.45, 2.75) is 0 Å². The molecule has 0 saturated heterocycles. The van der Waals surface area contributed by atoms with Crippen molar-refractivity contribution in [1.82, 2.24) is 0 Å². The van der Waals surface area contributed by atoms with Crippen LogP contribution in [0.25, 0.3) is 0 Å². The molecule has 3 N–H and O–H groups in total. The molecule has 0 aliphatic heterocycles. The number of halogens is 6. The summed E-state index contributed by atoms with van der Waals surface area (Å²) in [6.45, 7) is 0. The van der Waals surface area contributed by atoms with Gasteiger partial charge >= 0.3 is 45.3 Å². The number of rotatable bonds is 0. The van der Waals surface area contributed by atoms with E-state index < -0.39 is 33.7 Å². The van der Waals surface area contributed by atoms with Gasteiger partial charge in [0.25, 0.3) is 0 Å². The van der Waals surface area contributed by atoms with Crippen LogP contribution in [-0.2, 0) is 26.4 Å². The summed E-state index contributed by atoms with van der Waals surface area (Å²) in [6, 6.07) is 0. The summed E-state index contributed by atoms with van der Waals surface area (Å²) in [5.41, 5.74) is 0. The van der Waals surface area contributed by atoms with Crippen LogP contribution in [0.5, 0.6) is 0 Å². The third-order valence-electron chi connectivity index (χ3n) is 0. The van der Waals surface area contributed by atoms with Crippen molar-refractivity contribution in [3.8, 4) is 0 Å². The van der Waals surface area contributed by atoms with Crippen LogP contribution in [0.2, 0.25) is 0 Å². The molecule has 11 heavy (non-hydrogen) atoms. The van der Waals surface area contributed by atoms with E-state index in [0.29, 0.717) is 0 Å². The molecule has 0 unspecified atom stereocenters. The van der Waals surface area contributed by atoms with E-state index in [-0.39, 0.29) is 0 Å². The molecule has 0 fully saturated rings. The van der Waals surface area contributed by atoms with Gasteiger partial charge in [-0.15, -0.1) is 0 Å². The van der Waals surface area contributed by atoms with Crippen LogP contribution in [0.1, 0.15) is 0 Å². The molecule has 0 aliphatic carbocycles. The Morgan fingerprint density at radius 3 is 0.727 bits per heavy atom. The SMILES string of the molecule is OB(O)O.[F][Y]([F])([F])([F])([F])[F]. The molecule has 0 saturated carbocycles. The molecule has 0 aromatic heterocycles. The van der Waals surface area contributed by atoms with Gasteiger partial charge in [-0.2, -0.15) is 0 Å². The second-order valence-electron chi connectivity index (χ2n) is 1.58. The molecule has 0 heterocycles. The van der Waals surface area contributed by atoms with Gasteiger partial charge in [0.1, 0.15) is 0 Å². The van der Waals surface area contributed by atoms with Gasteiger partial charge in [0, 0.05) is 0 Å². The fourth-order valence-electron chi connectivity index (χ4n) is 0. The summed E-state index contributed by atoms with van der Waals surface area (Å²) in [7, 11) is -2.17. The second kappa shape index (κ2) is 2.84. The average Bonchev–Trinajstić information content (AvgIpc) is 1.11. The first-order chi connectivity index (χ1) is 4.18. The fraction of sp³-hybridized carbons (Fsp3) is 0. The maximum absolute atomic E-state index is 11.4. The first kappa shape index (κ1) is 14.2. The summed E-state index contributed by atoms with van der Waals surface area (Å²) in [5, 5.41) is 21.5. The summed E-state index contributed by atoms with van der Waals surface area (Å²) in [5.74, 6) is 0. The Bertz CT molecular complexity index is 105. The molecule has 69 valence electrons. The summed E-state index contributed by atoms with van der Waals surface area (Å²) in [6.07, 6.45) is 0. The molecule has 0 rings (SSSR count). The van der Waals surface area contributed by atoms with Crippen LogP contribution >= 0.6 is 0 Å². The van der Waals surface area contributed by atoms with Crippen LogP contribution < -0.4 is 0 Å². The van der Waals surface area contributed by atoms with Crippen molar-refractivity contribution in [1.29, 1.82) is 0 Å². The third kappa shape index (κ3) is 2000. The monoisotopic (exact) mass is 265 g/mol. The van der Waals surface area contributed by atoms with Crippen LogP contribution in [-0.4, -0.2) is 22.4 Å². The van der Waals surface area contributed by atoms with Gasteiger partial charge in [0.2, 0.25) is 0 Å². The quantitative estimate of drug-likeness (QED) is 0.440. The van der Waals surface area contributed by atoms with Crippen molar-refractivity contribution >= 4 is 7.32 Å². The van der Waals surface area contributed by atoms with Crippen LogP contribution in [0, 0.1) is 0 Å². The van der Waals surface area contributed by atoms with Gasteiger partial charge in [0.05, 0.1) is 0 Å². The van der Waals surface area contributed by atoms with E-state index in [1.165, 1.54) is 0 Å². The normalized spacial score (nSPS) is 17.2. The summed E-state index contributed by atoms with van der Waals surface area (Å²) in [4.78, 5) is 0. The van der Waals surface area contributed by atoms with Crippen molar-refractivity contribution < 1.29 is 53.0 Å². The molecule has 0 bridgehead atoms. The van der Waals surface area contributed by atoms with Crippen molar-refractivity contribution in [2.75, 3.05) is 0 Å². The Balaban J connectivity index is 0. The minimum atomic E-state index is -11.4. The fourth-order valence-corrected chi connectivity index (χ4v) is 0. The van der Waals surface area contributed by atoms with Crippen molar-refractivity contribution in [3.63, 3.8) is 0 Å². The van der Waals surface area contributed by atoms with Gasteiger partial charge in [-0.1, -0.05) is 0 Å². The van der Waals surface area contributed by atoms with E-state index in [1.807, 2.05) is 0 Å². The molecule has 0 aromatic rings. The number of hydrogen-bond acceptors (Lipinski definition) is 3. The second-order valence-corrected chi connectivity index (χ2v) is 7.67. The molecule has 0 spiro atoms. The summed E-state index contributed by atoms with van der Waals surface area (Å²) >= 11 is -11.4. The van der Waals surface area contributed by atoms with E-state index in [9.17, 15) is 11.5 Å². The molecule has 0 amide bonds. The zero-order valence-corrected chi connectivity index (χ0v) is 7.60. The average molecular weight is 265 g/mol. The zero-order valence-electron chi connectivity index (χ0n) is 4.76. The molecule has 0 radical (unpaired) electrons. The maximum atomic E-state index is 9.94. The van der Waals surface area contributed by atoms with Gasteiger partial charge in [0.15, 0.2) is 0 Å². The Kier molecular flexibility index (Phi) is 3.66. The predicted molar refractivity (Wildman–Crippen MR) is 19.1 cm³/mol. The standard InChI is InChI=1S/BH3O3.6FH.Y/c2-1(3)4;;;;;;;/h2-4H;6*1H;/q;;;;;;;+6/p-6. The summed E-state index contributed by atoms with van der Waals surface area (Å²) < 4.78 is 59.6. The number of hydrogen-bond donors (Lipinski definition) is 3. The van der Waals surface area contributed by atoms with Crippen molar-refractivity contribution in [3.05, 3.63) is 0 Å². The molecule has 0 atom stereocenters. The van der Waals surface area contributed by atoms with Gasteiger partial charge in [-0.25, -0.2) is 0 Å². The third-order valence-corrected chi connectivity index (χ3v) is 0. The van der Waals surface area contributed by atoms with Crippen LogP contribution in [0.4, 0.5) is 11.5 Å². The minimum absolute atomic E-state index is 2.17. The van der Waals surface area contributed by atoms with E-state index in [1.54, 1.807) is 0 Å². The Labute approximate surface area is 60.5 Å². The van der Waals surface area contributed by atoms with Crippen molar-refractivity contribution in [2.24, 2.45) is 0 Å². The van der Waals surface area contributed by atoms with E-state index in [4.69, 9.17) is 15.1 Å². The topological polar surface area (TPSA) is 60.7 Å². The van der Waals surface area contributed by atoms with Crippen LogP contribution in [0.15, 0.2) is 0 Å². The van der Waals surface area contributed by atoms with E-state index in [0.717, 1.165) is 0 Å². The van der Waals surface area contributed by atoms with Gasteiger partial charge in [-0.05, 0) is 0 Å². The Morgan fingerprint density at radius 2 is 0.727 bits per heavy atom. The Hall–Kier alpha value is 0.629. The molecule has 11 heteroatoms. The first-order valence-electron chi connectivity index (χ1n) is 2.08. The molecule has 0 aromatic carbocycles. The van der Waals surface area contributed by atoms with Gasteiger partial charge < -0.3 is 15.1 Å². The van der Waals surface area contributed by atoms with E-state index >= 15 is 0 Å². The molecular formula is H3BF6O3Y. The predicted octanol–water partition coefficient (Wildman–Crippen LogP) is 0.467. The van der Waals surface area contributed by atoms with Gasteiger partial charge in [-0.3, -0.25) is 0 Å². The molecule has 3 nitrogen and oxygen atoms in total. The van der Waals surface area contributed by atoms with Crippen LogP contribution in [0.3, 0.4) is 0 Å². The Morgan fingerprint density at radius 1 is 0.727 bits per heavy atom.